The smallest absolute Gasteiger partial charge is 0.251 e. The first-order chi connectivity index (χ1) is 9.20. The molecule has 0 saturated carbocycles. The molecular formula is C14H20N2O3. The zero-order valence-electron chi connectivity index (χ0n) is 11.4. The quantitative estimate of drug-likeness (QED) is 0.857. The van der Waals surface area contributed by atoms with Crippen molar-refractivity contribution in [2.45, 2.75) is 13.0 Å². The van der Waals surface area contributed by atoms with E-state index < -0.39 is 0 Å². The number of hydrogen-bond acceptors (Lipinski definition) is 4. The molecule has 0 aliphatic carbocycles. The van der Waals surface area contributed by atoms with Crippen molar-refractivity contribution in [2.75, 3.05) is 38.7 Å². The molecule has 0 aromatic heterocycles. The molecule has 5 heteroatoms. The molecule has 1 amide bonds. The molecule has 1 aromatic rings. The first kappa shape index (κ1) is 13.8. The molecule has 1 unspecified atom stereocenters. The van der Waals surface area contributed by atoms with E-state index in [1.807, 2.05) is 32.2 Å². The number of hydrogen-bond donors (Lipinski definition) is 2. The second-order valence-corrected chi connectivity index (χ2v) is 4.56. The van der Waals surface area contributed by atoms with Crippen molar-refractivity contribution in [1.82, 2.24) is 5.32 Å². The molecule has 0 radical (unpaired) electrons. The van der Waals surface area contributed by atoms with Crippen molar-refractivity contribution in [3.63, 3.8) is 0 Å². The van der Waals surface area contributed by atoms with Crippen LogP contribution >= 0.6 is 0 Å². The lowest BCUT2D eigenvalue weighted by atomic mass is 10.1. The third-order valence-electron chi connectivity index (χ3n) is 3.13. The highest BCUT2D eigenvalue weighted by Crippen LogP contribution is 2.14. The molecule has 1 aromatic carbocycles. The monoisotopic (exact) mass is 264 g/mol. The average molecular weight is 264 g/mol. The SMILES string of the molecule is CNc1ccc(C(=O)NCC2COCCO2)c(C)c1. The van der Waals surface area contributed by atoms with Crippen LogP contribution in [-0.4, -0.2) is 45.4 Å². The fraction of sp³-hybridized carbons (Fsp3) is 0.500. The summed E-state index contributed by atoms with van der Waals surface area (Å²) in [6.45, 7) is 4.17. The van der Waals surface area contributed by atoms with Gasteiger partial charge < -0.3 is 20.1 Å². The fourth-order valence-corrected chi connectivity index (χ4v) is 2.03. The maximum Gasteiger partial charge on any atom is 0.251 e. The molecule has 1 saturated heterocycles. The van der Waals surface area contributed by atoms with Gasteiger partial charge in [-0.1, -0.05) is 0 Å². The van der Waals surface area contributed by atoms with E-state index in [9.17, 15) is 4.79 Å². The molecule has 1 fully saturated rings. The molecule has 5 nitrogen and oxygen atoms in total. The Kier molecular flexibility index (Phi) is 4.76. The average Bonchev–Trinajstić information content (AvgIpc) is 2.45. The summed E-state index contributed by atoms with van der Waals surface area (Å²) in [5.74, 6) is -0.0747. The van der Waals surface area contributed by atoms with Crippen molar-refractivity contribution in [3.8, 4) is 0 Å². The lowest BCUT2D eigenvalue weighted by Gasteiger charge is -2.23. The molecule has 1 atom stereocenters. The number of ether oxygens (including phenoxy) is 2. The molecule has 2 rings (SSSR count). The minimum absolute atomic E-state index is 0.0467. The summed E-state index contributed by atoms with van der Waals surface area (Å²) in [5, 5.41) is 5.93. The van der Waals surface area contributed by atoms with Crippen LogP contribution in [0.4, 0.5) is 5.69 Å². The van der Waals surface area contributed by atoms with Gasteiger partial charge in [0, 0.05) is 24.8 Å². The van der Waals surface area contributed by atoms with Crippen LogP contribution in [0.25, 0.3) is 0 Å². The Morgan fingerprint density at radius 2 is 2.26 bits per heavy atom. The fourth-order valence-electron chi connectivity index (χ4n) is 2.03. The van der Waals surface area contributed by atoms with Gasteiger partial charge in [-0.05, 0) is 30.7 Å². The Labute approximate surface area is 113 Å². The van der Waals surface area contributed by atoms with Gasteiger partial charge in [0.25, 0.3) is 5.91 Å². The van der Waals surface area contributed by atoms with E-state index in [4.69, 9.17) is 9.47 Å². The van der Waals surface area contributed by atoms with Crippen molar-refractivity contribution in [1.29, 1.82) is 0 Å². The number of rotatable bonds is 4. The number of amides is 1. The van der Waals surface area contributed by atoms with Gasteiger partial charge in [0.2, 0.25) is 0 Å². The standard InChI is InChI=1S/C14H20N2O3/c1-10-7-11(15-2)3-4-13(10)14(17)16-8-12-9-18-5-6-19-12/h3-4,7,12,15H,5-6,8-9H2,1-2H3,(H,16,17). The Hall–Kier alpha value is -1.59. The van der Waals surface area contributed by atoms with Crippen molar-refractivity contribution < 1.29 is 14.3 Å². The first-order valence-corrected chi connectivity index (χ1v) is 6.46. The van der Waals surface area contributed by atoms with E-state index in [1.165, 1.54) is 0 Å². The maximum atomic E-state index is 12.1. The van der Waals surface area contributed by atoms with Crippen LogP contribution in [0.15, 0.2) is 18.2 Å². The number of aryl methyl sites for hydroxylation is 1. The Morgan fingerprint density at radius 3 is 2.89 bits per heavy atom. The van der Waals surface area contributed by atoms with Gasteiger partial charge in [-0.3, -0.25) is 4.79 Å². The zero-order chi connectivity index (χ0) is 13.7. The molecule has 1 heterocycles. The number of carbonyl (C=O) groups excluding carboxylic acids is 1. The summed E-state index contributed by atoms with van der Waals surface area (Å²) in [4.78, 5) is 12.1. The van der Waals surface area contributed by atoms with Gasteiger partial charge in [0.05, 0.1) is 25.9 Å². The van der Waals surface area contributed by atoms with Crippen molar-refractivity contribution in [3.05, 3.63) is 29.3 Å². The number of anilines is 1. The molecular weight excluding hydrogens is 244 g/mol. The minimum Gasteiger partial charge on any atom is -0.388 e. The normalized spacial score (nSPS) is 18.9. The van der Waals surface area contributed by atoms with Gasteiger partial charge in [-0.15, -0.1) is 0 Å². The topological polar surface area (TPSA) is 59.6 Å². The Balaban J connectivity index is 1.92. The third kappa shape index (κ3) is 3.68. The first-order valence-electron chi connectivity index (χ1n) is 6.46. The second-order valence-electron chi connectivity index (χ2n) is 4.56. The van der Waals surface area contributed by atoms with Gasteiger partial charge in [-0.25, -0.2) is 0 Å². The predicted molar refractivity (Wildman–Crippen MR) is 73.6 cm³/mol. The van der Waals surface area contributed by atoms with Crippen LogP contribution in [0.1, 0.15) is 15.9 Å². The van der Waals surface area contributed by atoms with Crippen LogP contribution in [0.3, 0.4) is 0 Å². The molecule has 19 heavy (non-hydrogen) atoms. The number of nitrogens with one attached hydrogen (secondary N) is 2. The Morgan fingerprint density at radius 1 is 1.42 bits per heavy atom. The van der Waals surface area contributed by atoms with Crippen LogP contribution < -0.4 is 10.6 Å². The lowest BCUT2D eigenvalue weighted by Crippen LogP contribution is -2.39. The van der Waals surface area contributed by atoms with Gasteiger partial charge in [0.1, 0.15) is 0 Å². The second kappa shape index (κ2) is 6.54. The van der Waals surface area contributed by atoms with E-state index in [0.29, 0.717) is 31.9 Å². The zero-order valence-corrected chi connectivity index (χ0v) is 11.4. The van der Waals surface area contributed by atoms with E-state index >= 15 is 0 Å². The summed E-state index contributed by atoms with van der Waals surface area (Å²) in [7, 11) is 1.86. The van der Waals surface area contributed by atoms with Crippen LogP contribution in [0.2, 0.25) is 0 Å². The van der Waals surface area contributed by atoms with Crippen LogP contribution in [-0.2, 0) is 9.47 Å². The summed E-state index contributed by atoms with van der Waals surface area (Å²) in [6.07, 6.45) is -0.0467. The highest BCUT2D eigenvalue weighted by molar-refractivity contribution is 5.96. The maximum absolute atomic E-state index is 12.1. The summed E-state index contributed by atoms with van der Waals surface area (Å²) in [5.41, 5.74) is 2.64. The van der Waals surface area contributed by atoms with Gasteiger partial charge in [0.15, 0.2) is 0 Å². The van der Waals surface area contributed by atoms with E-state index in [2.05, 4.69) is 10.6 Å². The Bertz CT molecular complexity index is 442. The molecule has 104 valence electrons. The minimum atomic E-state index is -0.0747. The van der Waals surface area contributed by atoms with Crippen LogP contribution in [0.5, 0.6) is 0 Å². The van der Waals surface area contributed by atoms with E-state index in [1.54, 1.807) is 0 Å². The number of carbonyl (C=O) groups is 1. The molecule has 1 aliphatic heterocycles. The molecule has 1 aliphatic rings. The molecule has 0 spiro atoms. The predicted octanol–water partition coefficient (Wildman–Crippen LogP) is 1.18. The molecule has 0 bridgehead atoms. The molecule has 2 N–H and O–H groups in total. The lowest BCUT2D eigenvalue weighted by molar-refractivity contribution is -0.0855. The summed E-state index contributed by atoms with van der Waals surface area (Å²) >= 11 is 0. The van der Waals surface area contributed by atoms with Crippen molar-refractivity contribution >= 4 is 11.6 Å². The highest BCUT2D eigenvalue weighted by atomic mass is 16.6. The van der Waals surface area contributed by atoms with E-state index in [0.717, 1.165) is 11.3 Å². The van der Waals surface area contributed by atoms with Gasteiger partial charge >= 0.3 is 0 Å². The highest BCUT2D eigenvalue weighted by Gasteiger charge is 2.16. The summed E-state index contributed by atoms with van der Waals surface area (Å²) < 4.78 is 10.8. The van der Waals surface area contributed by atoms with Crippen molar-refractivity contribution in [2.24, 2.45) is 0 Å². The largest absolute Gasteiger partial charge is 0.388 e. The number of benzene rings is 1. The summed E-state index contributed by atoms with van der Waals surface area (Å²) in [6, 6.07) is 5.67. The van der Waals surface area contributed by atoms with E-state index in [-0.39, 0.29) is 12.0 Å². The van der Waals surface area contributed by atoms with Crippen LogP contribution in [0, 0.1) is 6.92 Å². The third-order valence-corrected chi connectivity index (χ3v) is 3.13. The van der Waals surface area contributed by atoms with Gasteiger partial charge in [-0.2, -0.15) is 0 Å².